The maximum atomic E-state index is 12.8. The fourth-order valence-corrected chi connectivity index (χ4v) is 2.10. The lowest BCUT2D eigenvalue weighted by atomic mass is 10.2. The molecule has 1 heterocycles. The summed E-state index contributed by atoms with van der Waals surface area (Å²) in [5.74, 6) is -0.696. The molecule has 1 atom stereocenters. The maximum absolute atomic E-state index is 12.8. The average Bonchev–Trinajstić information content (AvgIpc) is 2.71. The Kier molecular flexibility index (Phi) is 3.42. The highest BCUT2D eigenvalue weighted by molar-refractivity contribution is 9.18. The van der Waals surface area contributed by atoms with Crippen molar-refractivity contribution in [2.45, 2.75) is 12.5 Å². The molecular formula is C11H10BrFN2O2. The molecule has 4 nitrogen and oxygen atoms in total. The number of ether oxygens (including phenoxy) is 1. The van der Waals surface area contributed by atoms with Gasteiger partial charge < -0.3 is 4.74 Å². The zero-order valence-corrected chi connectivity index (χ0v) is 10.6. The second kappa shape index (κ2) is 4.83. The molecule has 0 N–H and O–H groups in total. The van der Waals surface area contributed by atoms with Crippen molar-refractivity contribution in [3.8, 4) is 0 Å². The van der Waals surface area contributed by atoms with Gasteiger partial charge in [-0.15, -0.1) is 0 Å². The molecule has 1 aliphatic heterocycles. The molecule has 1 unspecified atom stereocenters. The van der Waals surface area contributed by atoms with Crippen molar-refractivity contribution in [2.75, 3.05) is 12.1 Å². The third kappa shape index (κ3) is 2.46. The van der Waals surface area contributed by atoms with Crippen molar-refractivity contribution in [1.29, 1.82) is 0 Å². The van der Waals surface area contributed by atoms with E-state index in [1.165, 1.54) is 24.3 Å². The van der Waals surface area contributed by atoms with E-state index in [0.29, 0.717) is 16.7 Å². The largest absolute Gasteiger partial charge is 0.467 e. The molecule has 0 fully saturated rings. The summed E-state index contributed by atoms with van der Waals surface area (Å²) in [6.07, 6.45) is 0.448. The lowest BCUT2D eigenvalue weighted by Crippen LogP contribution is -2.35. The van der Waals surface area contributed by atoms with Gasteiger partial charge in [0.1, 0.15) is 10.4 Å². The molecule has 2 rings (SSSR count). The topological polar surface area (TPSA) is 41.9 Å². The van der Waals surface area contributed by atoms with Crippen LogP contribution < -0.4 is 5.01 Å². The predicted octanol–water partition coefficient (Wildman–Crippen LogP) is 2.29. The zero-order chi connectivity index (χ0) is 12.4. The second-order valence-corrected chi connectivity index (χ2v) is 4.46. The molecule has 0 aliphatic carbocycles. The van der Waals surface area contributed by atoms with Gasteiger partial charge in [-0.2, -0.15) is 5.10 Å². The van der Waals surface area contributed by atoms with Crippen molar-refractivity contribution in [3.63, 3.8) is 0 Å². The number of halogens is 2. The van der Waals surface area contributed by atoms with E-state index in [1.807, 2.05) is 0 Å². The Morgan fingerprint density at radius 2 is 2.18 bits per heavy atom. The van der Waals surface area contributed by atoms with Gasteiger partial charge in [-0.1, -0.05) is 0 Å². The fourth-order valence-electron chi connectivity index (χ4n) is 1.62. The SMILES string of the molecule is COC(=O)C1CC(Br)=NN1c1ccc(F)cc1. The third-order valence-corrected chi connectivity index (χ3v) is 2.92. The van der Waals surface area contributed by atoms with E-state index < -0.39 is 6.04 Å². The van der Waals surface area contributed by atoms with Crippen LogP contribution in [-0.4, -0.2) is 23.7 Å². The molecular weight excluding hydrogens is 291 g/mol. The Labute approximate surface area is 106 Å². The highest BCUT2D eigenvalue weighted by Gasteiger charge is 2.33. The number of carbonyl (C=O) groups excluding carboxylic acids is 1. The summed E-state index contributed by atoms with van der Waals surface area (Å²) in [4.78, 5) is 11.6. The highest BCUT2D eigenvalue weighted by atomic mass is 79.9. The van der Waals surface area contributed by atoms with Gasteiger partial charge in [0.15, 0.2) is 6.04 Å². The molecule has 0 bridgehead atoms. The van der Waals surface area contributed by atoms with Gasteiger partial charge >= 0.3 is 5.97 Å². The van der Waals surface area contributed by atoms with Crippen LogP contribution in [0, 0.1) is 5.82 Å². The van der Waals surface area contributed by atoms with Gasteiger partial charge in [0, 0.05) is 6.42 Å². The first-order chi connectivity index (χ1) is 8.11. The molecule has 0 saturated heterocycles. The van der Waals surface area contributed by atoms with E-state index in [4.69, 9.17) is 4.74 Å². The summed E-state index contributed by atoms with van der Waals surface area (Å²) in [5, 5.41) is 5.71. The minimum Gasteiger partial charge on any atom is -0.467 e. The van der Waals surface area contributed by atoms with Crippen molar-refractivity contribution in [1.82, 2.24) is 0 Å². The van der Waals surface area contributed by atoms with Gasteiger partial charge in [0.2, 0.25) is 0 Å². The van der Waals surface area contributed by atoms with Gasteiger partial charge in [0.05, 0.1) is 12.8 Å². The van der Waals surface area contributed by atoms with E-state index >= 15 is 0 Å². The molecule has 6 heteroatoms. The van der Waals surface area contributed by atoms with E-state index in [-0.39, 0.29) is 11.8 Å². The first kappa shape index (κ1) is 12.0. The smallest absolute Gasteiger partial charge is 0.331 e. The first-order valence-electron chi connectivity index (χ1n) is 4.97. The van der Waals surface area contributed by atoms with Crippen LogP contribution in [0.25, 0.3) is 0 Å². The summed E-state index contributed by atoms with van der Waals surface area (Å²) >= 11 is 3.25. The number of esters is 1. The van der Waals surface area contributed by atoms with E-state index in [2.05, 4.69) is 21.0 Å². The molecule has 17 heavy (non-hydrogen) atoms. The lowest BCUT2D eigenvalue weighted by molar-refractivity contribution is -0.141. The summed E-state index contributed by atoms with van der Waals surface area (Å²) in [6.45, 7) is 0. The first-order valence-corrected chi connectivity index (χ1v) is 5.76. The quantitative estimate of drug-likeness (QED) is 0.787. The van der Waals surface area contributed by atoms with Crippen LogP contribution in [0.15, 0.2) is 29.4 Å². The van der Waals surface area contributed by atoms with Crippen molar-refractivity contribution < 1.29 is 13.9 Å². The van der Waals surface area contributed by atoms with E-state index in [9.17, 15) is 9.18 Å². The predicted molar refractivity (Wildman–Crippen MR) is 65.7 cm³/mol. The van der Waals surface area contributed by atoms with Crippen LogP contribution >= 0.6 is 15.9 Å². The molecule has 0 amide bonds. The van der Waals surface area contributed by atoms with E-state index in [0.717, 1.165) is 0 Å². The molecule has 1 aliphatic rings. The van der Waals surface area contributed by atoms with Crippen LogP contribution in [0.4, 0.5) is 10.1 Å². The number of hydrogen-bond donors (Lipinski definition) is 0. The number of anilines is 1. The number of nitrogens with zero attached hydrogens (tertiary/aromatic N) is 2. The third-order valence-electron chi connectivity index (χ3n) is 2.44. The monoisotopic (exact) mass is 300 g/mol. The van der Waals surface area contributed by atoms with E-state index in [1.54, 1.807) is 12.1 Å². The van der Waals surface area contributed by atoms with Gasteiger partial charge in [0.25, 0.3) is 0 Å². The van der Waals surface area contributed by atoms with Crippen LogP contribution in [0.1, 0.15) is 6.42 Å². The average molecular weight is 301 g/mol. The second-order valence-electron chi connectivity index (χ2n) is 3.54. The molecule has 1 aromatic rings. The lowest BCUT2D eigenvalue weighted by Gasteiger charge is -2.21. The molecule has 0 aromatic heterocycles. The van der Waals surface area contributed by atoms with Crippen LogP contribution in [0.5, 0.6) is 0 Å². The Balaban J connectivity index is 2.28. The maximum Gasteiger partial charge on any atom is 0.331 e. The Hall–Kier alpha value is -1.43. The summed E-state index contributed by atoms with van der Waals surface area (Å²) in [5.41, 5.74) is 0.649. The molecule has 1 aromatic carbocycles. The van der Waals surface area contributed by atoms with Crippen molar-refractivity contribution >= 4 is 32.2 Å². The summed E-state index contributed by atoms with van der Waals surface area (Å²) in [6, 6.07) is 5.29. The van der Waals surface area contributed by atoms with Crippen molar-refractivity contribution in [2.24, 2.45) is 5.10 Å². The minimum atomic E-state index is -0.500. The number of hydrogen-bond acceptors (Lipinski definition) is 4. The van der Waals surface area contributed by atoms with Crippen LogP contribution in [-0.2, 0) is 9.53 Å². The van der Waals surface area contributed by atoms with Crippen LogP contribution in [0.3, 0.4) is 0 Å². The van der Waals surface area contributed by atoms with Crippen LogP contribution in [0.2, 0.25) is 0 Å². The van der Waals surface area contributed by atoms with Gasteiger partial charge in [-0.3, -0.25) is 5.01 Å². The molecule has 90 valence electrons. The molecule has 0 radical (unpaired) electrons. The number of rotatable bonds is 2. The van der Waals surface area contributed by atoms with Crippen molar-refractivity contribution in [3.05, 3.63) is 30.1 Å². The standard InChI is InChI=1S/C11H10BrFN2O2/c1-17-11(16)9-6-10(12)14-15(9)8-4-2-7(13)3-5-8/h2-5,9H,6H2,1H3. The molecule has 0 spiro atoms. The zero-order valence-electron chi connectivity index (χ0n) is 9.06. The number of methoxy groups -OCH3 is 1. The minimum absolute atomic E-state index is 0.328. The molecule has 0 saturated carbocycles. The number of benzene rings is 1. The number of carbonyl (C=O) groups is 1. The highest BCUT2D eigenvalue weighted by Crippen LogP contribution is 2.27. The fraction of sp³-hybridized carbons (Fsp3) is 0.273. The van der Waals surface area contributed by atoms with Gasteiger partial charge in [-0.05, 0) is 40.2 Å². The Morgan fingerprint density at radius 3 is 2.76 bits per heavy atom. The number of hydrazone groups is 1. The Bertz CT molecular complexity index is 461. The Morgan fingerprint density at radius 1 is 1.53 bits per heavy atom. The summed E-state index contributed by atoms with van der Waals surface area (Å²) < 4.78 is 18.2. The van der Waals surface area contributed by atoms with Gasteiger partial charge in [-0.25, -0.2) is 9.18 Å². The summed E-state index contributed by atoms with van der Waals surface area (Å²) in [7, 11) is 1.33. The normalized spacial score (nSPS) is 19.1.